The molecule has 1 amide bonds. The third-order valence-electron chi connectivity index (χ3n) is 5.49. The molecule has 10 nitrogen and oxygen atoms in total. The Morgan fingerprint density at radius 1 is 1.37 bits per heavy atom. The maximum Gasteiger partial charge on any atom is 0.288 e. The van der Waals surface area contributed by atoms with E-state index in [9.17, 15) is 19.7 Å². The van der Waals surface area contributed by atoms with Crippen LogP contribution in [-0.2, 0) is 6.54 Å². The van der Waals surface area contributed by atoms with Crippen molar-refractivity contribution < 1.29 is 14.8 Å². The monoisotopic (exact) mass is 559 g/mol. The number of amides is 1. The summed E-state index contributed by atoms with van der Waals surface area (Å²) < 4.78 is 2.75. The summed E-state index contributed by atoms with van der Waals surface area (Å²) in [5.74, 6) is -0.0436. The first-order valence-corrected chi connectivity index (χ1v) is 12.4. The molecule has 0 aliphatic heterocycles. The van der Waals surface area contributed by atoms with E-state index < -0.39 is 10.8 Å². The highest BCUT2D eigenvalue weighted by Gasteiger charge is 2.26. The Morgan fingerprint density at radius 3 is 2.89 bits per heavy atom. The van der Waals surface area contributed by atoms with Crippen molar-refractivity contribution in [2.75, 3.05) is 11.9 Å². The van der Waals surface area contributed by atoms with Crippen LogP contribution < -0.4 is 10.7 Å². The molecule has 12 heteroatoms. The van der Waals surface area contributed by atoms with Crippen molar-refractivity contribution in [1.82, 2.24) is 14.5 Å². The first-order valence-electron chi connectivity index (χ1n) is 10.8. The van der Waals surface area contributed by atoms with Crippen LogP contribution in [0.5, 0.6) is 0 Å². The smallest absolute Gasteiger partial charge is 0.288 e. The molecule has 0 bridgehead atoms. The van der Waals surface area contributed by atoms with Gasteiger partial charge in [-0.25, -0.2) is 4.98 Å². The number of hydrogen-bond acceptors (Lipinski definition) is 7. The number of aliphatic hydroxyl groups excluding tert-OH is 1. The molecule has 3 N–H and O–H groups in total. The number of rotatable bonds is 9. The Kier molecular flexibility index (Phi) is 7.43. The van der Waals surface area contributed by atoms with Crippen LogP contribution in [-0.4, -0.2) is 37.1 Å². The topological polar surface area (TPSA) is 143 Å². The molecule has 182 valence electrons. The molecule has 0 aliphatic carbocycles. The normalized spacial score (nSPS) is 12.1. The fraction of sp³-hybridized carbons (Fsp3) is 0.261. The number of halogens is 1. The third kappa shape index (κ3) is 5.34. The van der Waals surface area contributed by atoms with Gasteiger partial charge in [0.1, 0.15) is 4.88 Å². The summed E-state index contributed by atoms with van der Waals surface area (Å²) >= 11 is 4.35. The number of anilines is 1. The zero-order chi connectivity index (χ0) is 25.1. The summed E-state index contributed by atoms with van der Waals surface area (Å²) in [6, 6.07) is 8.05. The highest BCUT2D eigenvalue weighted by atomic mass is 79.9. The molecule has 0 unspecified atom stereocenters. The lowest BCUT2D eigenvalue weighted by Gasteiger charge is -2.15. The van der Waals surface area contributed by atoms with Crippen molar-refractivity contribution in [2.24, 2.45) is 5.92 Å². The minimum atomic E-state index is -0.606. The standard InChI is InChI=1S/C23H22BrN5O5S/c1-13(3-2-8-30)12-28-17-9-14(24)4-5-16(17)26-23(28)27-22(32)20-10-18(29(33)34)21(35-20)15-11-25-7-6-19(15)31/h4-7,9-11,13,30H,2-3,8,12H2,1H3,(H,25,31)(H,26,27,32)/t13-/m1/s1. The lowest BCUT2D eigenvalue weighted by Crippen LogP contribution is -2.17. The summed E-state index contributed by atoms with van der Waals surface area (Å²) in [5, 5.41) is 23.6. The number of aromatic amines is 1. The zero-order valence-corrected chi connectivity index (χ0v) is 21.1. The number of aliphatic hydroxyl groups is 1. The van der Waals surface area contributed by atoms with E-state index in [2.05, 4.69) is 38.1 Å². The van der Waals surface area contributed by atoms with E-state index in [1.165, 1.54) is 24.5 Å². The Balaban J connectivity index is 1.70. The van der Waals surface area contributed by atoms with E-state index in [1.807, 2.05) is 22.8 Å². The van der Waals surface area contributed by atoms with Crippen molar-refractivity contribution in [2.45, 2.75) is 26.3 Å². The maximum atomic E-state index is 13.2. The summed E-state index contributed by atoms with van der Waals surface area (Å²) in [4.78, 5) is 44.0. The average molecular weight is 560 g/mol. The van der Waals surface area contributed by atoms with Gasteiger partial charge in [-0.05, 0) is 37.0 Å². The van der Waals surface area contributed by atoms with Crippen LogP contribution in [0, 0.1) is 16.0 Å². The van der Waals surface area contributed by atoms with Crippen LogP contribution in [0.25, 0.3) is 21.5 Å². The van der Waals surface area contributed by atoms with E-state index in [0.29, 0.717) is 24.4 Å². The van der Waals surface area contributed by atoms with Gasteiger partial charge in [-0.2, -0.15) is 0 Å². The number of nitrogens with zero attached hydrogens (tertiary/aromatic N) is 3. The second-order valence-corrected chi connectivity index (χ2v) is 10.1. The molecular formula is C23H22BrN5O5S. The molecule has 0 radical (unpaired) electrons. The minimum Gasteiger partial charge on any atom is -0.396 e. The predicted octanol–water partition coefficient (Wildman–Crippen LogP) is 4.78. The van der Waals surface area contributed by atoms with Crippen molar-refractivity contribution in [3.63, 3.8) is 0 Å². The number of thiophene rings is 1. The molecule has 0 saturated carbocycles. The molecule has 1 atom stereocenters. The van der Waals surface area contributed by atoms with Gasteiger partial charge in [-0.1, -0.05) is 22.9 Å². The number of nitrogens with one attached hydrogen (secondary N) is 2. The van der Waals surface area contributed by atoms with Crippen LogP contribution in [0.3, 0.4) is 0 Å². The highest BCUT2D eigenvalue weighted by Crippen LogP contribution is 2.37. The summed E-state index contributed by atoms with van der Waals surface area (Å²) in [6.07, 6.45) is 4.28. The molecule has 0 fully saturated rings. The third-order valence-corrected chi connectivity index (χ3v) is 7.14. The second kappa shape index (κ2) is 10.5. The average Bonchev–Trinajstić information content (AvgIpc) is 3.40. The summed E-state index contributed by atoms with van der Waals surface area (Å²) in [7, 11) is 0. The van der Waals surface area contributed by atoms with E-state index in [-0.39, 0.29) is 39.0 Å². The number of H-pyrrole nitrogens is 1. The number of fused-ring (bicyclic) bond motifs is 1. The van der Waals surface area contributed by atoms with Crippen LogP contribution in [0.15, 0.2) is 52.0 Å². The van der Waals surface area contributed by atoms with E-state index >= 15 is 0 Å². The zero-order valence-electron chi connectivity index (χ0n) is 18.7. The number of imidazole rings is 1. The molecule has 0 saturated heterocycles. The molecule has 35 heavy (non-hydrogen) atoms. The minimum absolute atomic E-state index is 0.0862. The Morgan fingerprint density at radius 2 is 2.17 bits per heavy atom. The molecule has 4 rings (SSSR count). The molecule has 4 aromatic rings. The summed E-state index contributed by atoms with van der Waals surface area (Å²) in [6.45, 7) is 2.71. The van der Waals surface area contributed by atoms with Crippen molar-refractivity contribution in [1.29, 1.82) is 0 Å². The van der Waals surface area contributed by atoms with Gasteiger partial charge in [-0.3, -0.25) is 25.0 Å². The van der Waals surface area contributed by atoms with Gasteiger partial charge in [-0.15, -0.1) is 11.3 Å². The van der Waals surface area contributed by atoms with Gasteiger partial charge in [0.05, 0.1) is 26.4 Å². The van der Waals surface area contributed by atoms with E-state index in [0.717, 1.165) is 27.7 Å². The first-order chi connectivity index (χ1) is 16.8. The van der Waals surface area contributed by atoms with Gasteiger partial charge in [0, 0.05) is 42.2 Å². The summed E-state index contributed by atoms with van der Waals surface area (Å²) in [5.41, 5.74) is 0.931. The van der Waals surface area contributed by atoms with Gasteiger partial charge in [0.2, 0.25) is 5.95 Å². The number of carbonyl (C=O) groups is 1. The Hall–Kier alpha value is -3.35. The number of aromatic nitrogens is 3. The maximum absolute atomic E-state index is 13.2. The SMILES string of the molecule is C[C@H](CCCO)Cn1c(NC(=O)c2cc([N+](=O)[O-])c(-c3c[nH]ccc3=O)s2)nc2ccc(Br)cc21. The lowest BCUT2D eigenvalue weighted by molar-refractivity contribution is -0.383. The molecule has 3 aromatic heterocycles. The molecular weight excluding hydrogens is 538 g/mol. The fourth-order valence-electron chi connectivity index (χ4n) is 3.80. The van der Waals surface area contributed by atoms with Crippen LogP contribution in [0.4, 0.5) is 11.6 Å². The Bertz CT molecular complexity index is 1460. The van der Waals surface area contributed by atoms with Crippen molar-refractivity contribution >= 4 is 55.8 Å². The molecule has 0 spiro atoms. The van der Waals surface area contributed by atoms with E-state index in [4.69, 9.17) is 5.11 Å². The Labute approximate surface area is 211 Å². The van der Waals surface area contributed by atoms with Gasteiger partial charge in [0.15, 0.2) is 5.43 Å². The largest absolute Gasteiger partial charge is 0.396 e. The van der Waals surface area contributed by atoms with Crippen LogP contribution in [0.1, 0.15) is 29.4 Å². The number of carbonyl (C=O) groups excluding carboxylic acids is 1. The quantitative estimate of drug-likeness (QED) is 0.199. The van der Waals surface area contributed by atoms with Crippen LogP contribution in [0.2, 0.25) is 0 Å². The lowest BCUT2D eigenvalue weighted by atomic mass is 10.1. The van der Waals surface area contributed by atoms with Crippen molar-refractivity contribution in [3.8, 4) is 10.4 Å². The van der Waals surface area contributed by atoms with E-state index in [1.54, 1.807) is 0 Å². The number of hydrogen-bond donors (Lipinski definition) is 3. The number of benzene rings is 1. The van der Waals surface area contributed by atoms with Gasteiger partial charge in [0.25, 0.3) is 11.6 Å². The molecule has 3 heterocycles. The fourth-order valence-corrected chi connectivity index (χ4v) is 5.19. The predicted molar refractivity (Wildman–Crippen MR) is 138 cm³/mol. The number of nitro groups is 1. The van der Waals surface area contributed by atoms with Gasteiger partial charge < -0.3 is 14.7 Å². The van der Waals surface area contributed by atoms with Crippen LogP contribution >= 0.6 is 27.3 Å². The second-order valence-electron chi connectivity index (χ2n) is 8.11. The molecule has 0 aliphatic rings. The first kappa shape index (κ1) is 24.8. The molecule has 1 aromatic carbocycles. The van der Waals surface area contributed by atoms with Gasteiger partial charge >= 0.3 is 0 Å². The van der Waals surface area contributed by atoms with Crippen molar-refractivity contribution in [3.05, 3.63) is 72.4 Å². The number of pyridine rings is 1. The highest BCUT2D eigenvalue weighted by molar-refractivity contribution is 9.10.